The van der Waals surface area contributed by atoms with Gasteiger partial charge in [-0.15, -0.1) is 11.3 Å². The monoisotopic (exact) mass is 282 g/mol. The highest BCUT2D eigenvalue weighted by molar-refractivity contribution is 7.11. The molecule has 0 radical (unpaired) electrons. The number of nitrogens with zero attached hydrogens (tertiary/aromatic N) is 1. The van der Waals surface area contributed by atoms with Crippen LogP contribution in [0.15, 0.2) is 0 Å². The van der Waals surface area contributed by atoms with Crippen LogP contribution < -0.4 is 5.32 Å². The van der Waals surface area contributed by atoms with Crippen molar-refractivity contribution < 1.29 is 4.74 Å². The zero-order chi connectivity index (χ0) is 13.9. The molecule has 2 rings (SSSR count). The standard InChI is InChI=1S/C15H26N2OS/c1-5-12-13(10-16-11(2)3)19-14(17-12)15(4)8-6-7-9-18-15/h11,16H,5-10H2,1-4H3. The van der Waals surface area contributed by atoms with E-state index < -0.39 is 0 Å². The highest BCUT2D eigenvalue weighted by atomic mass is 32.1. The van der Waals surface area contributed by atoms with Crippen LogP contribution in [0.4, 0.5) is 0 Å². The molecule has 0 saturated carbocycles. The topological polar surface area (TPSA) is 34.1 Å². The minimum atomic E-state index is -0.150. The van der Waals surface area contributed by atoms with Gasteiger partial charge in [-0.25, -0.2) is 4.98 Å². The fourth-order valence-corrected chi connectivity index (χ4v) is 3.65. The van der Waals surface area contributed by atoms with E-state index in [1.807, 2.05) is 11.3 Å². The van der Waals surface area contributed by atoms with Gasteiger partial charge in [0.25, 0.3) is 0 Å². The third kappa shape index (κ3) is 3.56. The van der Waals surface area contributed by atoms with E-state index in [1.54, 1.807) is 0 Å². The maximum absolute atomic E-state index is 6.02. The van der Waals surface area contributed by atoms with Crippen molar-refractivity contribution >= 4 is 11.3 Å². The number of aryl methyl sites for hydroxylation is 1. The maximum Gasteiger partial charge on any atom is 0.125 e. The predicted octanol–water partition coefficient (Wildman–Crippen LogP) is 3.62. The van der Waals surface area contributed by atoms with Crippen LogP contribution in [-0.4, -0.2) is 17.6 Å². The van der Waals surface area contributed by atoms with Crippen molar-refractivity contribution in [2.24, 2.45) is 0 Å². The summed E-state index contributed by atoms with van der Waals surface area (Å²) in [5.41, 5.74) is 1.09. The number of thiazole rings is 1. The first kappa shape index (κ1) is 14.9. The fraction of sp³-hybridized carbons (Fsp3) is 0.800. The first-order chi connectivity index (χ1) is 9.05. The minimum Gasteiger partial charge on any atom is -0.368 e. The Morgan fingerprint density at radius 2 is 2.21 bits per heavy atom. The third-order valence-electron chi connectivity index (χ3n) is 3.71. The average Bonchev–Trinajstić information content (AvgIpc) is 2.81. The zero-order valence-corrected chi connectivity index (χ0v) is 13.4. The first-order valence-corrected chi connectivity index (χ1v) is 8.23. The van der Waals surface area contributed by atoms with E-state index in [9.17, 15) is 0 Å². The third-order valence-corrected chi connectivity index (χ3v) is 5.05. The molecule has 2 heterocycles. The Bertz CT molecular complexity index is 408. The van der Waals surface area contributed by atoms with E-state index in [0.717, 1.165) is 26.0 Å². The summed E-state index contributed by atoms with van der Waals surface area (Å²) in [6.07, 6.45) is 4.53. The van der Waals surface area contributed by atoms with Gasteiger partial charge in [-0.1, -0.05) is 20.8 Å². The molecule has 19 heavy (non-hydrogen) atoms. The van der Waals surface area contributed by atoms with Crippen molar-refractivity contribution in [3.05, 3.63) is 15.6 Å². The van der Waals surface area contributed by atoms with Gasteiger partial charge in [0.05, 0.1) is 5.69 Å². The van der Waals surface area contributed by atoms with Crippen LogP contribution in [0.3, 0.4) is 0 Å². The van der Waals surface area contributed by atoms with Gasteiger partial charge in [0.2, 0.25) is 0 Å². The molecule has 0 aromatic carbocycles. The van der Waals surface area contributed by atoms with Crippen molar-refractivity contribution in [3.63, 3.8) is 0 Å². The van der Waals surface area contributed by atoms with E-state index in [0.29, 0.717) is 6.04 Å². The smallest absolute Gasteiger partial charge is 0.125 e. The van der Waals surface area contributed by atoms with E-state index in [2.05, 4.69) is 33.0 Å². The molecule has 4 heteroatoms. The Morgan fingerprint density at radius 1 is 1.42 bits per heavy atom. The SMILES string of the molecule is CCc1nc(C2(C)CCCCO2)sc1CNC(C)C. The van der Waals surface area contributed by atoms with Crippen LogP contribution in [0.25, 0.3) is 0 Å². The van der Waals surface area contributed by atoms with Crippen molar-refractivity contribution in [3.8, 4) is 0 Å². The molecular weight excluding hydrogens is 256 g/mol. The van der Waals surface area contributed by atoms with Crippen molar-refractivity contribution in [2.75, 3.05) is 6.61 Å². The molecule has 0 aliphatic carbocycles. The minimum absolute atomic E-state index is 0.150. The van der Waals surface area contributed by atoms with Gasteiger partial charge in [-0.05, 0) is 32.6 Å². The van der Waals surface area contributed by atoms with Crippen LogP contribution in [0.5, 0.6) is 0 Å². The first-order valence-electron chi connectivity index (χ1n) is 7.41. The predicted molar refractivity (Wildman–Crippen MR) is 80.6 cm³/mol. The number of rotatable bonds is 5. The van der Waals surface area contributed by atoms with Crippen LogP contribution in [-0.2, 0) is 23.3 Å². The number of hydrogen-bond acceptors (Lipinski definition) is 4. The van der Waals surface area contributed by atoms with Gasteiger partial charge >= 0.3 is 0 Å². The molecule has 1 fully saturated rings. The van der Waals surface area contributed by atoms with E-state index in [4.69, 9.17) is 9.72 Å². The lowest BCUT2D eigenvalue weighted by atomic mass is 9.97. The molecule has 1 aromatic rings. The van der Waals surface area contributed by atoms with Gasteiger partial charge in [0.1, 0.15) is 10.6 Å². The van der Waals surface area contributed by atoms with E-state index in [1.165, 1.54) is 28.4 Å². The Labute approximate surface area is 120 Å². The Hall–Kier alpha value is -0.450. The van der Waals surface area contributed by atoms with Gasteiger partial charge in [0.15, 0.2) is 0 Å². The summed E-state index contributed by atoms with van der Waals surface area (Å²) in [6, 6.07) is 0.511. The molecule has 1 atom stereocenters. The molecule has 0 amide bonds. The summed E-state index contributed by atoms with van der Waals surface area (Å²) >= 11 is 1.83. The van der Waals surface area contributed by atoms with Gasteiger partial charge < -0.3 is 10.1 Å². The molecule has 3 nitrogen and oxygen atoms in total. The average molecular weight is 282 g/mol. The molecule has 0 bridgehead atoms. The summed E-state index contributed by atoms with van der Waals surface area (Å²) < 4.78 is 6.02. The highest BCUT2D eigenvalue weighted by Gasteiger charge is 2.33. The lowest BCUT2D eigenvalue weighted by Crippen LogP contribution is -2.30. The Balaban J connectivity index is 2.17. The maximum atomic E-state index is 6.02. The van der Waals surface area contributed by atoms with Gasteiger partial charge in [-0.2, -0.15) is 0 Å². The number of ether oxygens (including phenoxy) is 1. The molecule has 1 N–H and O–H groups in total. The number of nitrogens with one attached hydrogen (secondary N) is 1. The second-order valence-electron chi connectivity index (χ2n) is 5.81. The lowest BCUT2D eigenvalue weighted by molar-refractivity contribution is -0.0702. The van der Waals surface area contributed by atoms with Crippen molar-refractivity contribution in [1.82, 2.24) is 10.3 Å². The summed E-state index contributed by atoms with van der Waals surface area (Å²) in [5.74, 6) is 0. The van der Waals surface area contributed by atoms with Crippen molar-refractivity contribution in [1.29, 1.82) is 0 Å². The van der Waals surface area contributed by atoms with Crippen molar-refractivity contribution in [2.45, 2.75) is 71.6 Å². The zero-order valence-electron chi connectivity index (χ0n) is 12.6. The molecule has 1 unspecified atom stereocenters. The number of hydrogen-bond donors (Lipinski definition) is 1. The summed E-state index contributed by atoms with van der Waals surface area (Å²) in [6.45, 7) is 10.5. The molecule has 1 aliphatic rings. The van der Waals surface area contributed by atoms with Crippen LogP contribution in [0, 0.1) is 0 Å². The molecule has 1 aromatic heterocycles. The molecule has 1 aliphatic heterocycles. The van der Waals surface area contributed by atoms with Crippen LogP contribution in [0.1, 0.15) is 62.5 Å². The highest BCUT2D eigenvalue weighted by Crippen LogP contribution is 2.38. The normalized spacial score (nSPS) is 24.1. The summed E-state index contributed by atoms with van der Waals surface area (Å²) in [4.78, 5) is 6.23. The largest absolute Gasteiger partial charge is 0.368 e. The summed E-state index contributed by atoms with van der Waals surface area (Å²) in [7, 11) is 0. The fourth-order valence-electron chi connectivity index (χ4n) is 2.42. The van der Waals surface area contributed by atoms with E-state index in [-0.39, 0.29) is 5.60 Å². The quantitative estimate of drug-likeness (QED) is 0.895. The Kier molecular flexibility index (Phi) is 4.98. The van der Waals surface area contributed by atoms with Gasteiger partial charge in [-0.3, -0.25) is 0 Å². The van der Waals surface area contributed by atoms with E-state index >= 15 is 0 Å². The van der Waals surface area contributed by atoms with Gasteiger partial charge in [0, 0.05) is 24.1 Å². The second-order valence-corrected chi connectivity index (χ2v) is 6.90. The number of aromatic nitrogens is 1. The molecule has 1 saturated heterocycles. The Morgan fingerprint density at radius 3 is 2.79 bits per heavy atom. The van der Waals surface area contributed by atoms with Crippen LogP contribution in [0.2, 0.25) is 0 Å². The summed E-state index contributed by atoms with van der Waals surface area (Å²) in [5, 5.41) is 4.67. The molecule has 108 valence electrons. The van der Waals surface area contributed by atoms with Crippen LogP contribution >= 0.6 is 11.3 Å². The molecule has 0 spiro atoms. The lowest BCUT2D eigenvalue weighted by Gasteiger charge is -2.31. The molecular formula is C15H26N2OS. The second kappa shape index (κ2) is 6.33.